The van der Waals surface area contributed by atoms with Crippen molar-refractivity contribution in [3.63, 3.8) is 0 Å². The number of anilines is 1. The van der Waals surface area contributed by atoms with Crippen LogP contribution in [0, 0.1) is 0 Å². The summed E-state index contributed by atoms with van der Waals surface area (Å²) in [5.74, 6) is 0.411. The molecule has 0 bridgehead atoms. The summed E-state index contributed by atoms with van der Waals surface area (Å²) in [5, 5.41) is 0.741. The molecule has 0 radical (unpaired) electrons. The van der Waals surface area contributed by atoms with Crippen LogP contribution in [0.4, 0.5) is 5.82 Å². The fraction of sp³-hybridized carbons (Fsp3) is 0.308. The maximum Gasteiger partial charge on any atom is 0.240 e. The zero-order valence-corrected chi connectivity index (χ0v) is 11.6. The van der Waals surface area contributed by atoms with E-state index >= 15 is 0 Å². The highest BCUT2D eigenvalue weighted by Crippen LogP contribution is 2.19. The first kappa shape index (κ1) is 13.3. The molecule has 3 rings (SSSR count). The molecule has 0 saturated carbocycles. The Bertz CT molecular complexity index is 740. The summed E-state index contributed by atoms with van der Waals surface area (Å²) in [5.41, 5.74) is 6.28. The van der Waals surface area contributed by atoms with Gasteiger partial charge in [0, 0.05) is 18.0 Å². The summed E-state index contributed by atoms with van der Waals surface area (Å²) in [4.78, 5) is 4.37. The van der Waals surface area contributed by atoms with E-state index in [-0.39, 0.29) is 10.9 Å². The van der Waals surface area contributed by atoms with E-state index in [0.29, 0.717) is 31.0 Å². The summed E-state index contributed by atoms with van der Waals surface area (Å²) in [6.45, 7) is 1.01. The first-order valence-electron chi connectivity index (χ1n) is 6.31. The van der Waals surface area contributed by atoms with E-state index in [0.717, 1.165) is 5.39 Å². The molecule has 0 aliphatic carbocycles. The average Bonchev–Trinajstić information content (AvgIpc) is 2.90. The summed E-state index contributed by atoms with van der Waals surface area (Å²) in [6.07, 6.45) is 0.699. The Hall–Kier alpha value is -1.70. The molecule has 0 spiro atoms. The van der Waals surface area contributed by atoms with Gasteiger partial charge in [0.1, 0.15) is 5.82 Å². The van der Waals surface area contributed by atoms with Crippen LogP contribution in [0.1, 0.15) is 6.42 Å². The normalized spacial score (nSPS) is 19.5. The van der Waals surface area contributed by atoms with Crippen molar-refractivity contribution in [2.24, 2.45) is 0 Å². The number of ether oxygens (including phenoxy) is 1. The Labute approximate surface area is 117 Å². The molecule has 0 amide bonds. The lowest BCUT2D eigenvalue weighted by Gasteiger charge is -2.11. The molecule has 1 unspecified atom stereocenters. The van der Waals surface area contributed by atoms with Crippen LogP contribution >= 0.6 is 0 Å². The lowest BCUT2D eigenvalue weighted by atomic mass is 10.2. The van der Waals surface area contributed by atoms with Crippen LogP contribution < -0.4 is 10.5 Å². The quantitative estimate of drug-likeness (QED) is 0.876. The molecular formula is C13H15N3O3S. The van der Waals surface area contributed by atoms with Gasteiger partial charge in [0.2, 0.25) is 10.0 Å². The second kappa shape index (κ2) is 5.01. The molecule has 106 valence electrons. The maximum absolute atomic E-state index is 12.3. The molecule has 3 N–H and O–H groups in total. The van der Waals surface area contributed by atoms with Gasteiger partial charge in [0.15, 0.2) is 0 Å². The summed E-state index contributed by atoms with van der Waals surface area (Å²) < 4.78 is 32.4. The van der Waals surface area contributed by atoms with Crippen LogP contribution in [-0.4, -0.2) is 32.7 Å². The largest absolute Gasteiger partial charge is 0.384 e. The SMILES string of the molecule is Nc1ccc2cc(S(=O)(=O)NC3CCOC3)ccc2n1. The van der Waals surface area contributed by atoms with Crippen molar-refractivity contribution < 1.29 is 13.2 Å². The van der Waals surface area contributed by atoms with Gasteiger partial charge in [0.05, 0.1) is 17.0 Å². The maximum atomic E-state index is 12.3. The highest BCUT2D eigenvalue weighted by atomic mass is 32.2. The molecule has 1 aromatic heterocycles. The fourth-order valence-corrected chi connectivity index (χ4v) is 3.49. The van der Waals surface area contributed by atoms with Crippen molar-refractivity contribution >= 4 is 26.7 Å². The standard InChI is InChI=1S/C13H15N3O3S/c14-13-4-1-9-7-11(2-3-12(9)15-13)20(17,18)16-10-5-6-19-8-10/h1-4,7,10,16H,5-6,8H2,(H2,14,15). The predicted molar refractivity (Wildman–Crippen MR) is 75.7 cm³/mol. The molecule has 2 heterocycles. The third-order valence-corrected chi connectivity index (χ3v) is 4.76. The number of hydrogen-bond donors (Lipinski definition) is 2. The number of hydrogen-bond acceptors (Lipinski definition) is 5. The number of nitrogens with one attached hydrogen (secondary N) is 1. The molecule has 7 heteroatoms. The van der Waals surface area contributed by atoms with Crippen LogP contribution in [0.2, 0.25) is 0 Å². The molecular weight excluding hydrogens is 278 g/mol. The summed E-state index contributed by atoms with van der Waals surface area (Å²) in [7, 11) is -3.53. The van der Waals surface area contributed by atoms with Gasteiger partial charge in [-0.2, -0.15) is 0 Å². The summed E-state index contributed by atoms with van der Waals surface area (Å²) >= 11 is 0. The molecule has 1 fully saturated rings. The number of nitrogens with two attached hydrogens (primary N) is 1. The Morgan fingerprint density at radius 1 is 1.30 bits per heavy atom. The Balaban J connectivity index is 1.94. The second-order valence-corrected chi connectivity index (χ2v) is 6.49. The van der Waals surface area contributed by atoms with Gasteiger partial charge in [-0.3, -0.25) is 0 Å². The topological polar surface area (TPSA) is 94.3 Å². The monoisotopic (exact) mass is 293 g/mol. The van der Waals surface area contributed by atoms with Crippen molar-refractivity contribution in [3.8, 4) is 0 Å². The number of sulfonamides is 1. The summed E-state index contributed by atoms with van der Waals surface area (Å²) in [6, 6.07) is 8.05. The van der Waals surface area contributed by atoms with Crippen molar-refractivity contribution in [2.75, 3.05) is 18.9 Å². The van der Waals surface area contributed by atoms with Gasteiger partial charge in [-0.25, -0.2) is 18.1 Å². The van der Waals surface area contributed by atoms with Gasteiger partial charge in [-0.1, -0.05) is 0 Å². The Kier molecular flexibility index (Phi) is 3.33. The minimum atomic E-state index is -3.53. The lowest BCUT2D eigenvalue weighted by molar-refractivity contribution is 0.192. The van der Waals surface area contributed by atoms with Crippen molar-refractivity contribution in [3.05, 3.63) is 30.3 Å². The van der Waals surface area contributed by atoms with E-state index in [1.165, 1.54) is 6.07 Å². The van der Waals surface area contributed by atoms with E-state index in [4.69, 9.17) is 10.5 Å². The molecule has 1 aromatic carbocycles. The van der Waals surface area contributed by atoms with Gasteiger partial charge >= 0.3 is 0 Å². The predicted octanol–water partition coefficient (Wildman–Crippen LogP) is 0.884. The second-order valence-electron chi connectivity index (χ2n) is 4.77. The molecule has 1 atom stereocenters. The van der Waals surface area contributed by atoms with E-state index < -0.39 is 10.0 Å². The molecule has 1 saturated heterocycles. The van der Waals surface area contributed by atoms with Crippen molar-refractivity contribution in [1.82, 2.24) is 9.71 Å². The van der Waals surface area contributed by atoms with E-state index in [9.17, 15) is 8.42 Å². The molecule has 20 heavy (non-hydrogen) atoms. The molecule has 1 aliphatic rings. The highest BCUT2D eigenvalue weighted by molar-refractivity contribution is 7.89. The van der Waals surface area contributed by atoms with Crippen LogP contribution in [-0.2, 0) is 14.8 Å². The van der Waals surface area contributed by atoms with Crippen LogP contribution in [0.5, 0.6) is 0 Å². The zero-order valence-electron chi connectivity index (χ0n) is 10.7. The first-order valence-corrected chi connectivity index (χ1v) is 7.79. The zero-order chi connectivity index (χ0) is 14.2. The number of fused-ring (bicyclic) bond motifs is 1. The highest BCUT2D eigenvalue weighted by Gasteiger charge is 2.23. The first-order chi connectivity index (χ1) is 9.54. The number of nitrogen functional groups attached to an aromatic ring is 1. The molecule has 2 aromatic rings. The third-order valence-electron chi connectivity index (χ3n) is 3.24. The van der Waals surface area contributed by atoms with Crippen LogP contribution in [0.3, 0.4) is 0 Å². The Morgan fingerprint density at radius 2 is 2.15 bits per heavy atom. The smallest absolute Gasteiger partial charge is 0.240 e. The number of rotatable bonds is 3. The van der Waals surface area contributed by atoms with E-state index in [2.05, 4.69) is 9.71 Å². The molecule has 1 aliphatic heterocycles. The minimum Gasteiger partial charge on any atom is -0.384 e. The average molecular weight is 293 g/mol. The third kappa shape index (κ3) is 2.60. The van der Waals surface area contributed by atoms with Gasteiger partial charge in [-0.05, 0) is 36.8 Å². The Morgan fingerprint density at radius 3 is 2.90 bits per heavy atom. The molecule has 6 nitrogen and oxygen atoms in total. The number of benzene rings is 1. The van der Waals surface area contributed by atoms with Crippen LogP contribution in [0.25, 0.3) is 10.9 Å². The minimum absolute atomic E-state index is 0.153. The van der Waals surface area contributed by atoms with E-state index in [1.54, 1.807) is 24.3 Å². The number of aromatic nitrogens is 1. The van der Waals surface area contributed by atoms with Gasteiger partial charge in [-0.15, -0.1) is 0 Å². The van der Waals surface area contributed by atoms with Crippen molar-refractivity contribution in [2.45, 2.75) is 17.4 Å². The van der Waals surface area contributed by atoms with Gasteiger partial charge < -0.3 is 10.5 Å². The lowest BCUT2D eigenvalue weighted by Crippen LogP contribution is -2.34. The number of nitrogens with zero attached hydrogens (tertiary/aromatic N) is 1. The van der Waals surface area contributed by atoms with Crippen molar-refractivity contribution in [1.29, 1.82) is 0 Å². The van der Waals surface area contributed by atoms with Gasteiger partial charge in [0.25, 0.3) is 0 Å². The fourth-order valence-electron chi connectivity index (χ4n) is 2.20. The number of pyridine rings is 1. The van der Waals surface area contributed by atoms with Crippen LogP contribution in [0.15, 0.2) is 35.2 Å². The van der Waals surface area contributed by atoms with E-state index in [1.807, 2.05) is 0 Å².